The van der Waals surface area contributed by atoms with Crippen molar-refractivity contribution in [2.24, 2.45) is 0 Å². The van der Waals surface area contributed by atoms with Crippen LogP contribution in [0.5, 0.6) is 0 Å². The van der Waals surface area contributed by atoms with Crippen molar-refractivity contribution < 1.29 is 4.39 Å². The molecule has 0 saturated carbocycles. The van der Waals surface area contributed by atoms with Gasteiger partial charge in [-0.05, 0) is 32.9 Å². The molecule has 16 heavy (non-hydrogen) atoms. The maximum atomic E-state index is 13.8. The Bertz CT molecular complexity index is 376. The number of anilines is 1. The van der Waals surface area contributed by atoms with Gasteiger partial charge in [-0.1, -0.05) is 12.1 Å². The highest BCUT2D eigenvalue weighted by molar-refractivity contribution is 5.51. The van der Waals surface area contributed by atoms with Crippen molar-refractivity contribution in [3.63, 3.8) is 0 Å². The summed E-state index contributed by atoms with van der Waals surface area (Å²) >= 11 is 0. The zero-order valence-electron chi connectivity index (χ0n) is 10.1. The second-order valence-corrected chi connectivity index (χ2v) is 5.11. The number of hydrogen-bond donors (Lipinski definition) is 1. The number of halogens is 1. The van der Waals surface area contributed by atoms with Gasteiger partial charge >= 0.3 is 0 Å². The van der Waals surface area contributed by atoms with Gasteiger partial charge in [0.25, 0.3) is 0 Å². The third-order valence-electron chi connectivity index (χ3n) is 3.20. The molecular weight excluding hydrogens is 203 g/mol. The highest BCUT2D eigenvalue weighted by atomic mass is 19.1. The molecule has 1 aliphatic rings. The Morgan fingerprint density at radius 2 is 2.06 bits per heavy atom. The summed E-state index contributed by atoms with van der Waals surface area (Å²) in [6, 6.07) is 7.32. The lowest BCUT2D eigenvalue weighted by atomic mass is 9.95. The molecule has 2 nitrogen and oxygen atoms in total. The number of nitrogens with one attached hydrogen (secondary N) is 1. The molecule has 0 radical (unpaired) electrons. The Hall–Kier alpha value is -1.09. The zero-order valence-corrected chi connectivity index (χ0v) is 10.1. The Balaban J connectivity index is 2.40. The molecule has 1 heterocycles. The van der Waals surface area contributed by atoms with E-state index >= 15 is 0 Å². The molecule has 1 unspecified atom stereocenters. The van der Waals surface area contributed by atoms with Crippen LogP contribution in [0.2, 0.25) is 0 Å². The number of rotatable bonds is 1. The third-order valence-corrected chi connectivity index (χ3v) is 3.20. The summed E-state index contributed by atoms with van der Waals surface area (Å²) in [6.45, 7) is 8.19. The van der Waals surface area contributed by atoms with Crippen molar-refractivity contribution >= 4 is 5.69 Å². The average molecular weight is 222 g/mol. The van der Waals surface area contributed by atoms with Crippen molar-refractivity contribution in [1.29, 1.82) is 0 Å². The van der Waals surface area contributed by atoms with Crippen LogP contribution in [-0.4, -0.2) is 24.7 Å². The van der Waals surface area contributed by atoms with E-state index in [0.717, 1.165) is 13.1 Å². The second kappa shape index (κ2) is 4.06. The van der Waals surface area contributed by atoms with Crippen LogP contribution < -0.4 is 10.2 Å². The Morgan fingerprint density at radius 1 is 1.38 bits per heavy atom. The number of piperazine rings is 1. The van der Waals surface area contributed by atoms with E-state index in [1.807, 2.05) is 12.1 Å². The molecule has 0 aromatic heterocycles. The van der Waals surface area contributed by atoms with Crippen LogP contribution in [0.4, 0.5) is 10.1 Å². The van der Waals surface area contributed by atoms with E-state index in [2.05, 4.69) is 31.0 Å². The largest absolute Gasteiger partial charge is 0.359 e. The molecule has 2 rings (SSSR count). The fourth-order valence-electron chi connectivity index (χ4n) is 2.57. The molecule has 88 valence electrons. The minimum absolute atomic E-state index is 0.0557. The van der Waals surface area contributed by atoms with Gasteiger partial charge in [0.05, 0.1) is 5.69 Å². The van der Waals surface area contributed by atoms with Crippen molar-refractivity contribution in [3.05, 3.63) is 30.1 Å². The summed E-state index contributed by atoms with van der Waals surface area (Å²) in [5, 5.41) is 3.38. The number of nitrogens with zero attached hydrogens (tertiary/aromatic N) is 1. The number of benzene rings is 1. The summed E-state index contributed by atoms with van der Waals surface area (Å²) in [5.41, 5.74) is 0.654. The predicted octanol–water partition coefficient (Wildman–Crippen LogP) is 2.40. The van der Waals surface area contributed by atoms with Gasteiger partial charge in [-0.15, -0.1) is 0 Å². The topological polar surface area (TPSA) is 15.3 Å². The molecule has 1 saturated heterocycles. The summed E-state index contributed by atoms with van der Waals surface area (Å²) < 4.78 is 13.8. The van der Waals surface area contributed by atoms with E-state index in [-0.39, 0.29) is 11.4 Å². The molecule has 1 aliphatic heterocycles. The zero-order chi connectivity index (χ0) is 11.8. The Morgan fingerprint density at radius 3 is 2.69 bits per heavy atom. The van der Waals surface area contributed by atoms with E-state index in [0.29, 0.717) is 11.7 Å². The first kappa shape index (κ1) is 11.4. The molecule has 0 aliphatic carbocycles. The molecule has 1 atom stereocenters. The van der Waals surface area contributed by atoms with Crippen molar-refractivity contribution in [1.82, 2.24) is 5.32 Å². The van der Waals surface area contributed by atoms with Gasteiger partial charge in [-0.2, -0.15) is 0 Å². The SMILES string of the molecule is CC1CNCC(C)(C)N1c1ccccc1F. The molecule has 1 aromatic rings. The van der Waals surface area contributed by atoms with E-state index in [9.17, 15) is 4.39 Å². The van der Waals surface area contributed by atoms with Gasteiger partial charge in [0, 0.05) is 24.7 Å². The lowest BCUT2D eigenvalue weighted by molar-refractivity contribution is 0.330. The fraction of sp³-hybridized carbons (Fsp3) is 0.538. The van der Waals surface area contributed by atoms with Crippen molar-refractivity contribution in [2.45, 2.75) is 32.4 Å². The van der Waals surface area contributed by atoms with Crippen LogP contribution >= 0.6 is 0 Å². The first-order valence-corrected chi connectivity index (χ1v) is 5.77. The first-order valence-electron chi connectivity index (χ1n) is 5.77. The Kier molecular flexibility index (Phi) is 2.89. The van der Waals surface area contributed by atoms with Crippen LogP contribution in [-0.2, 0) is 0 Å². The smallest absolute Gasteiger partial charge is 0.146 e. The van der Waals surface area contributed by atoms with E-state index < -0.39 is 0 Å². The molecule has 0 spiro atoms. The molecular formula is C13H19FN2. The highest BCUT2D eigenvalue weighted by Crippen LogP contribution is 2.30. The van der Waals surface area contributed by atoms with Crippen LogP contribution in [0, 0.1) is 5.82 Å². The molecule has 0 bridgehead atoms. The summed E-state index contributed by atoms with van der Waals surface area (Å²) in [5.74, 6) is -0.135. The molecule has 0 amide bonds. The van der Waals surface area contributed by atoms with Crippen LogP contribution in [0.1, 0.15) is 20.8 Å². The average Bonchev–Trinajstić information content (AvgIpc) is 2.19. The first-order chi connectivity index (χ1) is 7.52. The van der Waals surface area contributed by atoms with Gasteiger partial charge in [0.1, 0.15) is 5.82 Å². The quantitative estimate of drug-likeness (QED) is 0.785. The third kappa shape index (κ3) is 1.92. The number of para-hydroxylation sites is 1. The van der Waals surface area contributed by atoms with E-state index in [1.165, 1.54) is 6.07 Å². The van der Waals surface area contributed by atoms with E-state index in [1.54, 1.807) is 6.07 Å². The molecule has 1 aromatic carbocycles. The maximum Gasteiger partial charge on any atom is 0.146 e. The van der Waals surface area contributed by atoms with Crippen LogP contribution in [0.25, 0.3) is 0 Å². The van der Waals surface area contributed by atoms with Gasteiger partial charge in [-0.3, -0.25) is 0 Å². The van der Waals surface area contributed by atoms with Gasteiger partial charge in [-0.25, -0.2) is 4.39 Å². The van der Waals surface area contributed by atoms with Gasteiger partial charge < -0.3 is 10.2 Å². The van der Waals surface area contributed by atoms with Crippen molar-refractivity contribution in [3.8, 4) is 0 Å². The lowest BCUT2D eigenvalue weighted by Crippen LogP contribution is -2.62. The monoisotopic (exact) mass is 222 g/mol. The Labute approximate surface area is 96.5 Å². The van der Waals surface area contributed by atoms with Crippen LogP contribution in [0.3, 0.4) is 0 Å². The number of hydrogen-bond acceptors (Lipinski definition) is 2. The highest BCUT2D eigenvalue weighted by Gasteiger charge is 2.35. The normalized spacial score (nSPS) is 24.5. The van der Waals surface area contributed by atoms with Crippen molar-refractivity contribution in [2.75, 3.05) is 18.0 Å². The summed E-state index contributed by atoms with van der Waals surface area (Å²) in [6.07, 6.45) is 0. The standard InChI is InChI=1S/C13H19FN2/c1-10-8-15-9-13(2,3)16(10)12-7-5-4-6-11(12)14/h4-7,10,15H,8-9H2,1-3H3. The summed E-state index contributed by atoms with van der Waals surface area (Å²) in [4.78, 5) is 2.18. The maximum absolute atomic E-state index is 13.8. The molecule has 3 heteroatoms. The molecule has 1 N–H and O–H groups in total. The molecule has 1 fully saturated rings. The minimum Gasteiger partial charge on any atom is -0.359 e. The lowest BCUT2D eigenvalue weighted by Gasteiger charge is -2.48. The fourth-order valence-corrected chi connectivity index (χ4v) is 2.57. The van der Waals surface area contributed by atoms with Gasteiger partial charge in [0.2, 0.25) is 0 Å². The summed E-state index contributed by atoms with van der Waals surface area (Å²) in [7, 11) is 0. The van der Waals surface area contributed by atoms with Gasteiger partial charge in [0.15, 0.2) is 0 Å². The second-order valence-electron chi connectivity index (χ2n) is 5.11. The van der Waals surface area contributed by atoms with E-state index in [4.69, 9.17) is 0 Å². The van der Waals surface area contributed by atoms with Crippen LogP contribution in [0.15, 0.2) is 24.3 Å². The minimum atomic E-state index is -0.135. The predicted molar refractivity (Wildman–Crippen MR) is 65.3 cm³/mol.